The molecule has 1 aromatic rings. The van der Waals surface area contributed by atoms with Crippen LogP contribution in [-0.4, -0.2) is 27.3 Å². The Morgan fingerprint density at radius 2 is 1.76 bits per heavy atom. The minimum Gasteiger partial charge on any atom is -0.507 e. The number of hydrogen-bond donors (Lipinski definition) is 3. The average Bonchev–Trinajstić information content (AvgIpc) is 2.27. The van der Waals surface area contributed by atoms with E-state index in [4.69, 9.17) is 15.3 Å². The third-order valence-corrected chi connectivity index (χ3v) is 1.88. The van der Waals surface area contributed by atoms with Gasteiger partial charge in [-0.25, -0.2) is 4.79 Å². The molecule has 0 radical (unpaired) electrons. The van der Waals surface area contributed by atoms with Crippen molar-refractivity contribution in [1.82, 2.24) is 0 Å². The van der Waals surface area contributed by atoms with E-state index in [-0.39, 0.29) is 11.3 Å². The molecule has 17 heavy (non-hydrogen) atoms. The highest BCUT2D eigenvalue weighted by Crippen LogP contribution is 2.14. The number of rotatable bonds is 4. The molecular weight excluding hydrogens is 224 g/mol. The summed E-state index contributed by atoms with van der Waals surface area (Å²) in [4.78, 5) is 20.0. The second-order valence-corrected chi connectivity index (χ2v) is 3.32. The first kappa shape index (κ1) is 15.0. The van der Waals surface area contributed by atoms with Gasteiger partial charge in [-0.15, -0.1) is 0 Å². The van der Waals surface area contributed by atoms with Gasteiger partial charge in [0.15, 0.2) is 0 Å². The van der Waals surface area contributed by atoms with Crippen molar-refractivity contribution in [2.24, 2.45) is 0 Å². The summed E-state index contributed by atoms with van der Waals surface area (Å²) in [6.07, 6.45) is 2.08. The van der Waals surface area contributed by atoms with E-state index in [1.54, 1.807) is 12.1 Å². The van der Waals surface area contributed by atoms with Crippen LogP contribution in [0.5, 0.6) is 5.75 Å². The summed E-state index contributed by atoms with van der Waals surface area (Å²) in [6.45, 7) is 1.98. The first-order valence-electron chi connectivity index (χ1n) is 5.22. The van der Waals surface area contributed by atoms with Crippen molar-refractivity contribution in [2.45, 2.75) is 26.2 Å². The Labute approximate surface area is 99.3 Å². The predicted octanol–water partition coefficient (Wildman–Crippen LogP) is 2.35. The molecule has 1 rings (SSSR count). The number of carboxylic acids is 2. The van der Waals surface area contributed by atoms with Crippen LogP contribution in [0.25, 0.3) is 0 Å². The largest absolute Gasteiger partial charge is 0.507 e. The number of phenols is 1. The summed E-state index contributed by atoms with van der Waals surface area (Å²) in [5.74, 6) is -2.00. The molecule has 0 aliphatic rings. The normalized spacial score (nSPS) is 9.00. The molecule has 0 amide bonds. The summed E-state index contributed by atoms with van der Waals surface area (Å²) in [7, 11) is 0. The van der Waals surface area contributed by atoms with Gasteiger partial charge in [-0.3, -0.25) is 4.79 Å². The molecule has 0 aliphatic heterocycles. The van der Waals surface area contributed by atoms with E-state index in [0.29, 0.717) is 6.42 Å². The Hall–Kier alpha value is -2.04. The van der Waals surface area contributed by atoms with Gasteiger partial charge in [-0.1, -0.05) is 25.5 Å². The molecule has 0 aliphatic carbocycles. The number of carbonyl (C=O) groups is 2. The highest BCUT2D eigenvalue weighted by Gasteiger charge is 2.05. The van der Waals surface area contributed by atoms with Crippen molar-refractivity contribution in [1.29, 1.82) is 0 Å². The third kappa shape index (κ3) is 6.94. The zero-order chi connectivity index (χ0) is 13.3. The molecule has 3 N–H and O–H groups in total. The summed E-state index contributed by atoms with van der Waals surface area (Å²) in [5.41, 5.74) is -0.0671. The lowest BCUT2D eigenvalue weighted by molar-refractivity contribution is -0.137. The predicted molar refractivity (Wildman–Crippen MR) is 62.2 cm³/mol. The molecule has 0 aromatic heterocycles. The minimum atomic E-state index is -1.11. The highest BCUT2D eigenvalue weighted by atomic mass is 16.4. The van der Waals surface area contributed by atoms with E-state index in [2.05, 4.69) is 0 Å². The number of hydrogen-bond acceptors (Lipinski definition) is 3. The molecule has 0 bridgehead atoms. The lowest BCUT2D eigenvalue weighted by atomic mass is 10.2. The molecule has 5 nitrogen and oxygen atoms in total. The van der Waals surface area contributed by atoms with Gasteiger partial charge in [0, 0.05) is 6.42 Å². The fourth-order valence-corrected chi connectivity index (χ4v) is 0.982. The Morgan fingerprint density at radius 1 is 1.18 bits per heavy atom. The zero-order valence-corrected chi connectivity index (χ0v) is 9.59. The minimum absolute atomic E-state index is 0.0671. The van der Waals surface area contributed by atoms with Gasteiger partial charge in [0.05, 0.1) is 0 Å². The topological polar surface area (TPSA) is 94.8 Å². The lowest BCUT2D eigenvalue weighted by Gasteiger charge is -1.95. The standard InChI is InChI=1S/C7H6O3.C5H10O2/c8-6-4-2-1-3-5(6)7(9)10;1-2-3-4-5(6)7/h1-4,8H,(H,9,10);2-4H2,1H3,(H,6,7). The Bertz CT molecular complexity index is 373. The smallest absolute Gasteiger partial charge is 0.339 e. The molecule has 0 spiro atoms. The Kier molecular flexibility index (Phi) is 7.17. The maximum Gasteiger partial charge on any atom is 0.339 e. The number of para-hydroxylation sites is 1. The van der Waals surface area contributed by atoms with Crippen LogP contribution in [0.15, 0.2) is 24.3 Å². The van der Waals surface area contributed by atoms with E-state index in [1.807, 2.05) is 6.92 Å². The van der Waals surface area contributed by atoms with Crippen LogP contribution < -0.4 is 0 Å². The van der Waals surface area contributed by atoms with Crippen molar-refractivity contribution in [3.63, 3.8) is 0 Å². The van der Waals surface area contributed by atoms with Crippen LogP contribution in [0.1, 0.15) is 36.5 Å². The second-order valence-electron chi connectivity index (χ2n) is 3.32. The van der Waals surface area contributed by atoms with Crippen molar-refractivity contribution in [3.05, 3.63) is 29.8 Å². The van der Waals surface area contributed by atoms with Crippen LogP contribution in [0.2, 0.25) is 0 Å². The molecule has 0 fully saturated rings. The van der Waals surface area contributed by atoms with Gasteiger partial charge in [-0.05, 0) is 18.6 Å². The lowest BCUT2D eigenvalue weighted by Crippen LogP contribution is -1.95. The van der Waals surface area contributed by atoms with E-state index >= 15 is 0 Å². The van der Waals surface area contributed by atoms with Crippen LogP contribution in [-0.2, 0) is 4.79 Å². The molecule has 0 saturated heterocycles. The molecule has 1 aromatic carbocycles. The fourth-order valence-electron chi connectivity index (χ4n) is 0.982. The van der Waals surface area contributed by atoms with Gasteiger partial charge in [0.1, 0.15) is 11.3 Å². The summed E-state index contributed by atoms with van der Waals surface area (Å²) in [5, 5.41) is 25.4. The Morgan fingerprint density at radius 3 is 2.06 bits per heavy atom. The van der Waals surface area contributed by atoms with Crippen molar-refractivity contribution in [3.8, 4) is 5.75 Å². The van der Waals surface area contributed by atoms with Crippen LogP contribution >= 0.6 is 0 Å². The van der Waals surface area contributed by atoms with Crippen molar-refractivity contribution >= 4 is 11.9 Å². The van der Waals surface area contributed by atoms with Gasteiger partial charge < -0.3 is 15.3 Å². The second kappa shape index (κ2) is 8.15. The number of aromatic carboxylic acids is 1. The molecule has 0 heterocycles. The maximum atomic E-state index is 10.3. The van der Waals surface area contributed by atoms with E-state index in [0.717, 1.165) is 12.8 Å². The van der Waals surface area contributed by atoms with Gasteiger partial charge in [-0.2, -0.15) is 0 Å². The number of aliphatic carboxylic acids is 1. The fraction of sp³-hybridized carbons (Fsp3) is 0.333. The van der Waals surface area contributed by atoms with Gasteiger partial charge >= 0.3 is 11.9 Å². The van der Waals surface area contributed by atoms with E-state index in [9.17, 15) is 9.59 Å². The number of carboxylic acid groups (broad SMARTS) is 2. The molecule has 0 atom stereocenters. The monoisotopic (exact) mass is 240 g/mol. The third-order valence-electron chi connectivity index (χ3n) is 1.88. The molecule has 5 heteroatoms. The number of unbranched alkanes of at least 4 members (excludes halogenated alkanes) is 1. The number of aromatic hydroxyl groups is 1. The molecule has 94 valence electrons. The zero-order valence-electron chi connectivity index (χ0n) is 9.59. The van der Waals surface area contributed by atoms with Crippen molar-refractivity contribution in [2.75, 3.05) is 0 Å². The van der Waals surface area contributed by atoms with Crippen LogP contribution in [0.3, 0.4) is 0 Å². The highest BCUT2D eigenvalue weighted by molar-refractivity contribution is 5.90. The number of benzene rings is 1. The maximum absolute atomic E-state index is 10.3. The first-order valence-corrected chi connectivity index (χ1v) is 5.22. The Balaban J connectivity index is 0.000000325. The quantitative estimate of drug-likeness (QED) is 0.750. The summed E-state index contributed by atoms with van der Waals surface area (Å²) < 4.78 is 0. The van der Waals surface area contributed by atoms with E-state index < -0.39 is 11.9 Å². The van der Waals surface area contributed by atoms with Crippen molar-refractivity contribution < 1.29 is 24.9 Å². The van der Waals surface area contributed by atoms with Gasteiger partial charge in [0.2, 0.25) is 0 Å². The van der Waals surface area contributed by atoms with E-state index in [1.165, 1.54) is 12.1 Å². The first-order chi connectivity index (χ1) is 7.99. The van der Waals surface area contributed by atoms with Gasteiger partial charge in [0.25, 0.3) is 0 Å². The molecule has 0 unspecified atom stereocenters. The molecule has 0 saturated carbocycles. The summed E-state index contributed by atoms with van der Waals surface area (Å²) in [6, 6.07) is 5.81. The molecular formula is C12H16O5. The van der Waals surface area contributed by atoms with Crippen LogP contribution in [0, 0.1) is 0 Å². The summed E-state index contributed by atoms with van der Waals surface area (Å²) >= 11 is 0. The average molecular weight is 240 g/mol. The van der Waals surface area contributed by atoms with Crippen LogP contribution in [0.4, 0.5) is 0 Å². The SMILES string of the molecule is CCCCC(=O)O.O=C(O)c1ccccc1O.